The molecule has 0 radical (unpaired) electrons. The molecular formula is C22H27ClN6. The second-order valence-electron chi connectivity index (χ2n) is 7.49. The lowest BCUT2D eigenvalue weighted by Gasteiger charge is -2.35. The Hall–Kier alpha value is -2.41. The van der Waals surface area contributed by atoms with E-state index in [1.165, 1.54) is 22.4 Å². The van der Waals surface area contributed by atoms with E-state index in [1.807, 2.05) is 16.8 Å². The largest absolute Gasteiger partial charge is 0.369 e. The lowest BCUT2D eigenvalue weighted by Crippen LogP contribution is -2.45. The molecule has 1 fully saturated rings. The number of anilines is 1. The van der Waals surface area contributed by atoms with Gasteiger partial charge in [0.1, 0.15) is 12.7 Å². The summed E-state index contributed by atoms with van der Waals surface area (Å²) in [6.45, 7) is 6.45. The van der Waals surface area contributed by atoms with Gasteiger partial charge < -0.3 is 15.1 Å². The molecule has 0 amide bonds. The lowest BCUT2D eigenvalue weighted by molar-refractivity contribution is 0.312. The van der Waals surface area contributed by atoms with Crippen molar-refractivity contribution in [2.45, 2.75) is 19.6 Å². The Labute approximate surface area is 177 Å². The van der Waals surface area contributed by atoms with Crippen LogP contribution < -0.4 is 10.2 Å². The van der Waals surface area contributed by atoms with E-state index < -0.39 is 0 Å². The van der Waals surface area contributed by atoms with Crippen LogP contribution in [0.5, 0.6) is 0 Å². The van der Waals surface area contributed by atoms with E-state index in [0.717, 1.165) is 50.8 Å². The molecule has 7 heteroatoms. The van der Waals surface area contributed by atoms with Crippen LogP contribution in [0.2, 0.25) is 5.02 Å². The van der Waals surface area contributed by atoms with Gasteiger partial charge in [-0.2, -0.15) is 5.10 Å². The van der Waals surface area contributed by atoms with Crippen molar-refractivity contribution in [2.24, 2.45) is 0 Å². The first kappa shape index (κ1) is 19.9. The van der Waals surface area contributed by atoms with Crippen molar-refractivity contribution in [3.63, 3.8) is 0 Å². The molecule has 2 aromatic carbocycles. The fourth-order valence-corrected chi connectivity index (χ4v) is 4.00. The van der Waals surface area contributed by atoms with Gasteiger partial charge in [0.2, 0.25) is 0 Å². The minimum absolute atomic E-state index is 0.719. The fraction of sp³-hybridized carbons (Fsp3) is 0.364. The summed E-state index contributed by atoms with van der Waals surface area (Å²) in [6, 6.07) is 14.7. The van der Waals surface area contributed by atoms with Crippen molar-refractivity contribution in [3.05, 3.63) is 76.8 Å². The summed E-state index contributed by atoms with van der Waals surface area (Å²) in [4.78, 5) is 8.84. The van der Waals surface area contributed by atoms with Crippen LogP contribution in [-0.2, 0) is 19.6 Å². The molecule has 1 N–H and O–H groups in total. The number of hydrogen-bond acceptors (Lipinski definition) is 5. The van der Waals surface area contributed by atoms with E-state index in [2.05, 4.69) is 62.6 Å². The molecule has 1 aromatic heterocycles. The molecule has 4 rings (SSSR count). The fourth-order valence-electron chi connectivity index (χ4n) is 3.76. The first-order chi connectivity index (χ1) is 14.2. The molecule has 0 bridgehead atoms. The average molecular weight is 411 g/mol. The molecule has 2 heterocycles. The summed E-state index contributed by atoms with van der Waals surface area (Å²) in [5.74, 6) is 0. The van der Waals surface area contributed by atoms with Crippen LogP contribution in [0.15, 0.2) is 55.1 Å². The highest BCUT2D eigenvalue weighted by atomic mass is 35.5. The molecule has 3 aromatic rings. The van der Waals surface area contributed by atoms with E-state index in [9.17, 15) is 0 Å². The third-order valence-corrected chi connectivity index (χ3v) is 5.83. The number of hydrogen-bond donors (Lipinski definition) is 1. The first-order valence-corrected chi connectivity index (χ1v) is 10.4. The van der Waals surface area contributed by atoms with Gasteiger partial charge in [0.15, 0.2) is 0 Å². The Bertz CT molecular complexity index is 919. The van der Waals surface area contributed by atoms with Crippen LogP contribution >= 0.6 is 11.6 Å². The highest BCUT2D eigenvalue weighted by molar-refractivity contribution is 6.31. The van der Waals surface area contributed by atoms with E-state index in [0.29, 0.717) is 0 Å². The summed E-state index contributed by atoms with van der Waals surface area (Å²) in [5.41, 5.74) is 4.92. The zero-order chi connectivity index (χ0) is 20.1. The number of halogens is 1. The van der Waals surface area contributed by atoms with Gasteiger partial charge in [-0.05, 0) is 30.3 Å². The number of benzene rings is 2. The van der Waals surface area contributed by atoms with Crippen LogP contribution in [0.1, 0.15) is 16.7 Å². The van der Waals surface area contributed by atoms with Crippen LogP contribution in [-0.4, -0.2) is 52.9 Å². The number of likely N-dealkylation sites (N-methyl/N-ethyl adjacent to an activating group) is 1. The molecule has 0 aliphatic carbocycles. The molecule has 0 unspecified atom stereocenters. The second kappa shape index (κ2) is 9.39. The Balaban J connectivity index is 1.44. The van der Waals surface area contributed by atoms with Crippen molar-refractivity contribution in [3.8, 4) is 0 Å². The van der Waals surface area contributed by atoms with Crippen LogP contribution in [0.25, 0.3) is 0 Å². The number of rotatable bonds is 7. The Kier molecular flexibility index (Phi) is 6.44. The summed E-state index contributed by atoms with van der Waals surface area (Å²) in [7, 11) is 2.18. The molecule has 1 aliphatic heterocycles. The minimum atomic E-state index is 0.719. The van der Waals surface area contributed by atoms with E-state index >= 15 is 0 Å². The Morgan fingerprint density at radius 1 is 0.966 bits per heavy atom. The molecular weight excluding hydrogens is 384 g/mol. The Morgan fingerprint density at radius 2 is 1.76 bits per heavy atom. The standard InChI is InChI=1S/C22H27ClN6/c1-27-9-11-28(12-10-27)22-8-4-7-21(23)20(22)14-24-13-18-5-2-3-6-19(18)15-29-17-25-16-26-29/h2-8,16-17,24H,9-15H2,1H3. The predicted octanol–water partition coefficient (Wildman–Crippen LogP) is 3.02. The maximum Gasteiger partial charge on any atom is 0.137 e. The number of nitrogens with zero attached hydrogens (tertiary/aromatic N) is 5. The van der Waals surface area contributed by atoms with Gasteiger partial charge >= 0.3 is 0 Å². The molecule has 152 valence electrons. The van der Waals surface area contributed by atoms with E-state index in [-0.39, 0.29) is 0 Å². The summed E-state index contributed by atoms with van der Waals surface area (Å²) in [6.07, 6.45) is 3.31. The highest BCUT2D eigenvalue weighted by Gasteiger charge is 2.18. The Morgan fingerprint density at radius 3 is 2.52 bits per heavy atom. The third kappa shape index (κ3) is 4.96. The average Bonchev–Trinajstić information content (AvgIpc) is 3.24. The van der Waals surface area contributed by atoms with Crippen LogP contribution in [0, 0.1) is 0 Å². The van der Waals surface area contributed by atoms with Crippen molar-refractivity contribution in [1.29, 1.82) is 0 Å². The quantitative estimate of drug-likeness (QED) is 0.648. The van der Waals surface area contributed by atoms with Crippen molar-refractivity contribution >= 4 is 17.3 Å². The van der Waals surface area contributed by atoms with Crippen molar-refractivity contribution < 1.29 is 0 Å². The maximum absolute atomic E-state index is 6.59. The smallest absolute Gasteiger partial charge is 0.137 e. The lowest BCUT2D eigenvalue weighted by atomic mass is 10.1. The summed E-state index contributed by atoms with van der Waals surface area (Å²) >= 11 is 6.59. The van der Waals surface area contributed by atoms with E-state index in [4.69, 9.17) is 11.6 Å². The van der Waals surface area contributed by atoms with Gasteiger partial charge in [-0.25, -0.2) is 9.67 Å². The zero-order valence-corrected chi connectivity index (χ0v) is 17.5. The molecule has 0 saturated carbocycles. The van der Waals surface area contributed by atoms with Gasteiger partial charge in [0, 0.05) is 55.5 Å². The molecule has 6 nitrogen and oxygen atoms in total. The molecule has 1 saturated heterocycles. The first-order valence-electron chi connectivity index (χ1n) is 10.0. The number of nitrogens with one attached hydrogen (secondary N) is 1. The molecule has 29 heavy (non-hydrogen) atoms. The molecule has 0 spiro atoms. The second-order valence-corrected chi connectivity index (χ2v) is 7.90. The third-order valence-electron chi connectivity index (χ3n) is 5.47. The van der Waals surface area contributed by atoms with Gasteiger partial charge in [0.25, 0.3) is 0 Å². The topological polar surface area (TPSA) is 49.2 Å². The SMILES string of the molecule is CN1CCN(c2cccc(Cl)c2CNCc2ccccc2Cn2cncn2)CC1. The predicted molar refractivity (Wildman–Crippen MR) is 117 cm³/mol. The monoisotopic (exact) mass is 410 g/mol. The minimum Gasteiger partial charge on any atom is -0.369 e. The summed E-state index contributed by atoms with van der Waals surface area (Å²) < 4.78 is 1.85. The van der Waals surface area contributed by atoms with Gasteiger partial charge in [-0.3, -0.25) is 0 Å². The maximum atomic E-state index is 6.59. The van der Waals surface area contributed by atoms with Crippen LogP contribution in [0.3, 0.4) is 0 Å². The number of aromatic nitrogens is 3. The van der Waals surface area contributed by atoms with Crippen LogP contribution in [0.4, 0.5) is 5.69 Å². The summed E-state index contributed by atoms with van der Waals surface area (Å²) in [5, 5.41) is 8.64. The normalized spacial score (nSPS) is 15.0. The van der Waals surface area contributed by atoms with Gasteiger partial charge in [0.05, 0.1) is 6.54 Å². The molecule has 0 atom stereocenters. The van der Waals surface area contributed by atoms with Gasteiger partial charge in [-0.15, -0.1) is 0 Å². The number of piperazine rings is 1. The van der Waals surface area contributed by atoms with Crippen molar-refractivity contribution in [2.75, 3.05) is 38.1 Å². The van der Waals surface area contributed by atoms with E-state index in [1.54, 1.807) is 12.7 Å². The van der Waals surface area contributed by atoms with Gasteiger partial charge in [-0.1, -0.05) is 41.9 Å². The van der Waals surface area contributed by atoms with Crippen molar-refractivity contribution in [1.82, 2.24) is 25.0 Å². The highest BCUT2D eigenvalue weighted by Crippen LogP contribution is 2.28. The molecule has 1 aliphatic rings. The zero-order valence-electron chi connectivity index (χ0n) is 16.8.